The molecule has 0 saturated carbocycles. The van der Waals surface area contributed by atoms with E-state index in [1.807, 2.05) is 20.0 Å². The lowest BCUT2D eigenvalue weighted by Gasteiger charge is -2.21. The minimum atomic E-state index is 0.267. The first-order valence-corrected chi connectivity index (χ1v) is 10.8. The van der Waals surface area contributed by atoms with Crippen molar-refractivity contribution in [1.82, 2.24) is 9.38 Å². The normalized spacial score (nSPS) is 15.8. The second kappa shape index (κ2) is 7.83. The van der Waals surface area contributed by atoms with Crippen LogP contribution in [0, 0.1) is 0 Å². The van der Waals surface area contributed by atoms with Gasteiger partial charge in [0, 0.05) is 23.7 Å². The Kier molecular flexibility index (Phi) is 5.54. The molecule has 0 amide bonds. The molecule has 25 heavy (non-hydrogen) atoms. The highest BCUT2D eigenvalue weighted by atomic mass is 32.2. The minimum Gasteiger partial charge on any atom is -0.320 e. The van der Waals surface area contributed by atoms with E-state index in [1.54, 1.807) is 0 Å². The third-order valence-electron chi connectivity index (χ3n) is 4.52. The molecule has 3 aromatic rings. The summed E-state index contributed by atoms with van der Waals surface area (Å²) in [5, 5.41) is 0. The monoisotopic (exact) mass is 350 g/mol. The van der Waals surface area contributed by atoms with Gasteiger partial charge in [-0.3, -0.25) is 4.98 Å². The molecule has 0 bridgehead atoms. The topological polar surface area (TPSA) is 17.3 Å². The number of benzene rings is 1. The largest absolute Gasteiger partial charge is 0.320 e. The van der Waals surface area contributed by atoms with Gasteiger partial charge < -0.3 is 4.40 Å². The van der Waals surface area contributed by atoms with E-state index in [0.717, 1.165) is 17.6 Å². The van der Waals surface area contributed by atoms with Crippen molar-refractivity contribution in [2.24, 2.45) is 0 Å². The Morgan fingerprint density at radius 3 is 2.72 bits per heavy atom. The van der Waals surface area contributed by atoms with Gasteiger partial charge in [-0.15, -0.1) is 0 Å². The molecule has 130 valence electrons. The van der Waals surface area contributed by atoms with E-state index < -0.39 is 0 Å². The minimum absolute atomic E-state index is 0.267. The SMILES string of the molecule is CC.CC/S(C)=C1\C=C(c2cn3cccc3cn2)Cc2ccccc21. The Labute approximate surface area is 153 Å². The van der Waals surface area contributed by atoms with Crippen LogP contribution in [0.5, 0.6) is 0 Å². The maximum Gasteiger partial charge on any atom is 0.0832 e. The van der Waals surface area contributed by atoms with Gasteiger partial charge in [0.25, 0.3) is 0 Å². The molecule has 2 heterocycles. The average molecular weight is 351 g/mol. The van der Waals surface area contributed by atoms with Crippen molar-refractivity contribution in [2.75, 3.05) is 12.0 Å². The first kappa shape index (κ1) is 17.7. The molecule has 2 nitrogen and oxygen atoms in total. The number of nitrogens with zero attached hydrogens (tertiary/aromatic N) is 2. The van der Waals surface area contributed by atoms with Crippen LogP contribution >= 0.6 is 10.5 Å². The smallest absolute Gasteiger partial charge is 0.0832 e. The average Bonchev–Trinajstić information content (AvgIpc) is 3.16. The Bertz CT molecular complexity index is 947. The van der Waals surface area contributed by atoms with Gasteiger partial charge >= 0.3 is 0 Å². The lowest BCUT2D eigenvalue weighted by Crippen LogP contribution is -2.12. The number of hydrogen-bond acceptors (Lipinski definition) is 1. The molecule has 1 atom stereocenters. The fourth-order valence-corrected chi connectivity index (χ4v) is 4.34. The summed E-state index contributed by atoms with van der Waals surface area (Å²) in [5.74, 6) is 1.18. The fourth-order valence-electron chi connectivity index (χ4n) is 3.12. The number of rotatable bonds is 2. The predicted octanol–water partition coefficient (Wildman–Crippen LogP) is 5.44. The van der Waals surface area contributed by atoms with Crippen LogP contribution < -0.4 is 0 Å². The molecule has 4 rings (SSSR count). The highest BCUT2D eigenvalue weighted by molar-refractivity contribution is 8.15. The van der Waals surface area contributed by atoms with Gasteiger partial charge in [0.1, 0.15) is 0 Å². The summed E-state index contributed by atoms with van der Waals surface area (Å²) in [4.78, 5) is 6.17. The first-order chi connectivity index (χ1) is 12.3. The Morgan fingerprint density at radius 2 is 1.92 bits per heavy atom. The van der Waals surface area contributed by atoms with Crippen molar-refractivity contribution in [2.45, 2.75) is 27.2 Å². The van der Waals surface area contributed by atoms with E-state index in [4.69, 9.17) is 4.98 Å². The quantitative estimate of drug-likeness (QED) is 0.563. The molecular weight excluding hydrogens is 324 g/mol. The van der Waals surface area contributed by atoms with Crippen molar-refractivity contribution in [3.05, 3.63) is 77.9 Å². The van der Waals surface area contributed by atoms with Crippen LogP contribution in [0.15, 0.2) is 61.1 Å². The second-order valence-corrected chi connectivity index (χ2v) is 8.20. The van der Waals surface area contributed by atoms with E-state index in [1.165, 1.54) is 27.3 Å². The zero-order chi connectivity index (χ0) is 17.8. The number of aromatic nitrogens is 2. The lowest BCUT2D eigenvalue weighted by atomic mass is 9.90. The van der Waals surface area contributed by atoms with E-state index in [0.29, 0.717) is 0 Å². The lowest BCUT2D eigenvalue weighted by molar-refractivity contribution is 1.10. The van der Waals surface area contributed by atoms with Gasteiger partial charge in [0.15, 0.2) is 0 Å². The molecule has 0 aliphatic heterocycles. The van der Waals surface area contributed by atoms with E-state index >= 15 is 0 Å². The van der Waals surface area contributed by atoms with Crippen LogP contribution in [0.25, 0.3) is 11.1 Å². The van der Waals surface area contributed by atoms with E-state index in [9.17, 15) is 0 Å². The van der Waals surface area contributed by atoms with Crippen LogP contribution in [0.4, 0.5) is 0 Å². The van der Waals surface area contributed by atoms with Crippen LogP contribution in [-0.4, -0.2) is 26.3 Å². The molecule has 0 N–H and O–H groups in total. The highest BCUT2D eigenvalue weighted by Crippen LogP contribution is 2.30. The summed E-state index contributed by atoms with van der Waals surface area (Å²) in [6, 6.07) is 12.9. The number of hydrogen-bond donors (Lipinski definition) is 0. The van der Waals surface area contributed by atoms with Crippen LogP contribution in [0.3, 0.4) is 0 Å². The summed E-state index contributed by atoms with van der Waals surface area (Å²) < 4.78 is 2.15. The van der Waals surface area contributed by atoms with Crippen molar-refractivity contribution in [3.63, 3.8) is 0 Å². The Hall–Kier alpha value is -2.13. The van der Waals surface area contributed by atoms with Gasteiger partial charge in [-0.1, -0.05) is 45.0 Å². The molecule has 1 aromatic carbocycles. The van der Waals surface area contributed by atoms with Gasteiger partial charge in [0.2, 0.25) is 0 Å². The highest BCUT2D eigenvalue weighted by Gasteiger charge is 2.18. The Balaban J connectivity index is 0.000000880. The van der Waals surface area contributed by atoms with Gasteiger partial charge in [-0.05, 0) is 46.9 Å². The fraction of sp³-hybridized carbons (Fsp3) is 0.273. The Morgan fingerprint density at radius 1 is 1.12 bits per heavy atom. The summed E-state index contributed by atoms with van der Waals surface area (Å²) in [6.45, 7) is 6.27. The maximum absolute atomic E-state index is 4.70. The van der Waals surface area contributed by atoms with Gasteiger partial charge in [-0.2, -0.15) is 10.5 Å². The van der Waals surface area contributed by atoms with Crippen LogP contribution in [-0.2, 0) is 6.42 Å². The van der Waals surface area contributed by atoms with Crippen molar-refractivity contribution in [3.8, 4) is 0 Å². The molecular formula is C22H26N2S. The standard InChI is InChI=1S/C20H20N2S.C2H6/c1-3-23(2)20-12-16(11-15-7-4-5-9-18(15)20)19-14-22-10-6-8-17(22)13-21-19;1-2/h4-10,12-14H,3,11H2,1-2H3;1-2H3. The first-order valence-electron chi connectivity index (χ1n) is 8.97. The van der Waals surface area contributed by atoms with Crippen molar-refractivity contribution < 1.29 is 0 Å². The second-order valence-electron chi connectivity index (χ2n) is 5.91. The molecule has 0 spiro atoms. The summed E-state index contributed by atoms with van der Waals surface area (Å²) in [7, 11) is 0.267. The van der Waals surface area contributed by atoms with Crippen LogP contribution in [0.2, 0.25) is 0 Å². The van der Waals surface area contributed by atoms with Crippen molar-refractivity contribution >= 4 is 26.4 Å². The summed E-state index contributed by atoms with van der Waals surface area (Å²) in [5.41, 5.74) is 6.38. The molecule has 1 aliphatic carbocycles. The molecule has 0 saturated heterocycles. The molecule has 1 unspecified atom stereocenters. The van der Waals surface area contributed by atoms with Crippen LogP contribution in [0.1, 0.15) is 37.6 Å². The summed E-state index contributed by atoms with van der Waals surface area (Å²) in [6.07, 6.45) is 11.9. The zero-order valence-corrected chi connectivity index (χ0v) is 16.3. The molecule has 3 heteroatoms. The number of fused-ring (bicyclic) bond motifs is 2. The van der Waals surface area contributed by atoms with Crippen molar-refractivity contribution in [1.29, 1.82) is 0 Å². The predicted molar refractivity (Wildman–Crippen MR) is 113 cm³/mol. The maximum atomic E-state index is 4.70. The molecule has 0 fully saturated rings. The van der Waals surface area contributed by atoms with Gasteiger partial charge in [0.05, 0.1) is 17.4 Å². The van der Waals surface area contributed by atoms with E-state index in [2.05, 4.69) is 72.4 Å². The molecule has 1 aliphatic rings. The summed E-state index contributed by atoms with van der Waals surface area (Å²) >= 11 is 0. The third-order valence-corrected chi connectivity index (χ3v) is 6.47. The molecule has 0 radical (unpaired) electrons. The van der Waals surface area contributed by atoms with E-state index in [-0.39, 0.29) is 10.5 Å². The molecule has 2 aromatic heterocycles. The third kappa shape index (κ3) is 3.47. The zero-order valence-electron chi connectivity index (χ0n) is 15.5. The number of allylic oxidation sites excluding steroid dienone is 2. The van der Waals surface area contributed by atoms with Gasteiger partial charge in [-0.25, -0.2) is 0 Å².